The fourth-order valence-corrected chi connectivity index (χ4v) is 1.01. The Morgan fingerprint density at radius 2 is 2.14 bits per heavy atom. The van der Waals surface area contributed by atoms with Crippen molar-refractivity contribution in [1.29, 1.82) is 0 Å². The molecule has 0 amide bonds. The summed E-state index contributed by atoms with van der Waals surface area (Å²) in [5.74, 6) is -2.47. The molecule has 0 radical (unpaired) electrons. The van der Waals surface area contributed by atoms with Crippen LogP contribution in [0.2, 0.25) is 0 Å². The van der Waals surface area contributed by atoms with Crippen LogP contribution in [0.1, 0.15) is 22.5 Å². The number of carbonyl (C=O) groups excluding carboxylic acids is 1. The third-order valence-corrected chi connectivity index (χ3v) is 1.62. The van der Waals surface area contributed by atoms with Gasteiger partial charge in [0.15, 0.2) is 5.82 Å². The minimum atomic E-state index is -3.18. The van der Waals surface area contributed by atoms with Crippen molar-refractivity contribution < 1.29 is 23.1 Å². The Morgan fingerprint density at radius 1 is 1.57 bits per heavy atom. The maximum absolute atomic E-state index is 13.0. The first-order chi connectivity index (χ1) is 6.45. The summed E-state index contributed by atoms with van der Waals surface area (Å²) in [4.78, 5) is 13.5. The van der Waals surface area contributed by atoms with Crippen molar-refractivity contribution in [3.63, 3.8) is 0 Å². The zero-order valence-corrected chi connectivity index (χ0v) is 7.23. The number of pyridine rings is 1. The van der Waals surface area contributed by atoms with Crippen LogP contribution in [0, 0.1) is 5.82 Å². The SMILES string of the molecule is O=C(Cl)c1c(O)cnc(C(F)F)c1F. The number of rotatable bonds is 2. The van der Waals surface area contributed by atoms with E-state index < -0.39 is 34.5 Å². The van der Waals surface area contributed by atoms with Crippen LogP contribution in [0.25, 0.3) is 0 Å². The van der Waals surface area contributed by atoms with Crippen molar-refractivity contribution in [2.75, 3.05) is 0 Å². The minimum Gasteiger partial charge on any atom is -0.505 e. The van der Waals surface area contributed by atoms with Gasteiger partial charge in [0.25, 0.3) is 11.7 Å². The molecule has 1 aromatic heterocycles. The van der Waals surface area contributed by atoms with Crippen molar-refractivity contribution in [1.82, 2.24) is 4.98 Å². The van der Waals surface area contributed by atoms with Crippen LogP contribution >= 0.6 is 11.6 Å². The molecule has 7 heteroatoms. The van der Waals surface area contributed by atoms with Gasteiger partial charge < -0.3 is 5.11 Å². The van der Waals surface area contributed by atoms with Crippen LogP contribution in [-0.2, 0) is 0 Å². The lowest BCUT2D eigenvalue weighted by Crippen LogP contribution is -2.03. The van der Waals surface area contributed by atoms with Crippen LogP contribution in [0.5, 0.6) is 5.75 Å². The first kappa shape index (κ1) is 10.8. The van der Waals surface area contributed by atoms with Crippen molar-refractivity contribution in [3.05, 3.63) is 23.3 Å². The Labute approximate surface area is 81.1 Å². The molecule has 0 aromatic carbocycles. The maximum Gasteiger partial charge on any atom is 0.283 e. The summed E-state index contributed by atoms with van der Waals surface area (Å²) in [5, 5.41) is 7.56. The molecule has 0 spiro atoms. The van der Waals surface area contributed by atoms with Crippen LogP contribution in [0.3, 0.4) is 0 Å². The number of carbonyl (C=O) groups is 1. The Bertz CT molecular complexity index is 383. The van der Waals surface area contributed by atoms with Crippen LogP contribution in [0.15, 0.2) is 6.20 Å². The molecule has 1 heterocycles. The van der Waals surface area contributed by atoms with Crippen LogP contribution in [0.4, 0.5) is 13.2 Å². The number of aromatic nitrogens is 1. The number of alkyl halides is 2. The van der Waals surface area contributed by atoms with Gasteiger partial charge in [-0.05, 0) is 11.6 Å². The molecule has 0 saturated carbocycles. The average Bonchev–Trinajstić information content (AvgIpc) is 2.02. The van der Waals surface area contributed by atoms with Gasteiger partial charge in [-0.2, -0.15) is 0 Å². The first-order valence-corrected chi connectivity index (χ1v) is 3.68. The highest BCUT2D eigenvalue weighted by molar-refractivity contribution is 6.68. The number of halogens is 4. The van der Waals surface area contributed by atoms with Gasteiger partial charge in [-0.3, -0.25) is 4.79 Å². The lowest BCUT2D eigenvalue weighted by Gasteiger charge is -2.04. The molecule has 0 aliphatic carbocycles. The monoisotopic (exact) mass is 225 g/mol. The Balaban J connectivity index is 3.41. The standard InChI is InChI=1S/C7H3ClF3NO2/c8-6(14)3-2(13)1-12-5(4(3)9)7(10)11/h1,7,13H. The smallest absolute Gasteiger partial charge is 0.283 e. The summed E-state index contributed by atoms with van der Waals surface area (Å²) >= 11 is 4.88. The van der Waals surface area contributed by atoms with E-state index in [1.54, 1.807) is 0 Å². The molecule has 0 aliphatic rings. The second-order valence-electron chi connectivity index (χ2n) is 2.29. The third-order valence-electron chi connectivity index (χ3n) is 1.43. The molecule has 3 nitrogen and oxygen atoms in total. The summed E-state index contributed by atoms with van der Waals surface area (Å²) in [6.07, 6.45) is -2.63. The number of aromatic hydroxyl groups is 1. The van der Waals surface area contributed by atoms with E-state index >= 15 is 0 Å². The highest BCUT2D eigenvalue weighted by atomic mass is 35.5. The zero-order valence-electron chi connectivity index (χ0n) is 6.47. The normalized spacial score (nSPS) is 10.6. The fourth-order valence-electron chi connectivity index (χ4n) is 0.832. The van der Waals surface area contributed by atoms with Gasteiger partial charge in [0.1, 0.15) is 17.0 Å². The fraction of sp³-hybridized carbons (Fsp3) is 0.143. The third kappa shape index (κ3) is 1.79. The van der Waals surface area contributed by atoms with Gasteiger partial charge >= 0.3 is 0 Å². The molecule has 0 atom stereocenters. The summed E-state index contributed by atoms with van der Waals surface area (Å²) in [7, 11) is 0. The second kappa shape index (κ2) is 3.83. The highest BCUT2D eigenvalue weighted by Crippen LogP contribution is 2.28. The quantitative estimate of drug-likeness (QED) is 0.786. The summed E-state index contributed by atoms with van der Waals surface area (Å²) in [6, 6.07) is 0. The van der Waals surface area contributed by atoms with Crippen molar-refractivity contribution >= 4 is 16.8 Å². The van der Waals surface area contributed by atoms with Crippen molar-refractivity contribution in [2.24, 2.45) is 0 Å². The van der Waals surface area contributed by atoms with E-state index in [-0.39, 0.29) is 0 Å². The molecular weight excluding hydrogens is 223 g/mol. The zero-order chi connectivity index (χ0) is 10.9. The summed E-state index contributed by atoms with van der Waals surface area (Å²) < 4.78 is 37.2. The minimum absolute atomic E-state index is 0.542. The first-order valence-electron chi connectivity index (χ1n) is 3.30. The second-order valence-corrected chi connectivity index (χ2v) is 2.64. The van der Waals surface area contributed by atoms with E-state index in [9.17, 15) is 18.0 Å². The predicted octanol–water partition coefficient (Wildman–Crippen LogP) is 2.24. The Morgan fingerprint density at radius 3 is 2.57 bits per heavy atom. The topological polar surface area (TPSA) is 50.2 Å². The molecule has 0 fully saturated rings. The number of hydrogen-bond acceptors (Lipinski definition) is 3. The number of nitrogens with zero attached hydrogens (tertiary/aromatic N) is 1. The lowest BCUT2D eigenvalue weighted by molar-refractivity contribution is 0.107. The Kier molecular flexibility index (Phi) is 2.95. The van der Waals surface area contributed by atoms with Gasteiger partial charge in [0.05, 0.1) is 6.20 Å². The Hall–Kier alpha value is -1.30. The molecule has 0 unspecified atom stereocenters. The van der Waals surface area contributed by atoms with E-state index in [4.69, 9.17) is 16.7 Å². The predicted molar refractivity (Wildman–Crippen MR) is 41.0 cm³/mol. The molecule has 76 valence electrons. The molecule has 14 heavy (non-hydrogen) atoms. The highest BCUT2D eigenvalue weighted by Gasteiger charge is 2.24. The van der Waals surface area contributed by atoms with E-state index in [2.05, 4.69) is 4.98 Å². The van der Waals surface area contributed by atoms with E-state index in [1.165, 1.54) is 0 Å². The maximum atomic E-state index is 13.0. The van der Waals surface area contributed by atoms with Gasteiger partial charge in [-0.25, -0.2) is 18.2 Å². The van der Waals surface area contributed by atoms with Gasteiger partial charge in [-0.15, -0.1) is 0 Å². The van der Waals surface area contributed by atoms with Crippen molar-refractivity contribution in [2.45, 2.75) is 6.43 Å². The van der Waals surface area contributed by atoms with Gasteiger partial charge in [0.2, 0.25) is 0 Å². The largest absolute Gasteiger partial charge is 0.505 e. The van der Waals surface area contributed by atoms with E-state index in [0.29, 0.717) is 6.20 Å². The summed E-state index contributed by atoms with van der Waals surface area (Å²) in [6.45, 7) is 0. The molecular formula is C7H3ClF3NO2. The molecule has 0 aliphatic heterocycles. The molecule has 0 saturated heterocycles. The lowest BCUT2D eigenvalue weighted by atomic mass is 10.2. The molecule has 1 N–H and O–H groups in total. The average molecular weight is 226 g/mol. The van der Waals surface area contributed by atoms with Crippen LogP contribution < -0.4 is 0 Å². The van der Waals surface area contributed by atoms with Gasteiger partial charge in [-0.1, -0.05) is 0 Å². The van der Waals surface area contributed by atoms with E-state index in [1.807, 2.05) is 0 Å². The molecule has 1 aromatic rings. The molecule has 1 rings (SSSR count). The van der Waals surface area contributed by atoms with Crippen molar-refractivity contribution in [3.8, 4) is 5.75 Å². The van der Waals surface area contributed by atoms with Gasteiger partial charge in [0, 0.05) is 0 Å². The van der Waals surface area contributed by atoms with Crippen LogP contribution in [-0.4, -0.2) is 15.3 Å². The van der Waals surface area contributed by atoms with E-state index in [0.717, 1.165) is 0 Å². The summed E-state index contributed by atoms with van der Waals surface area (Å²) in [5.41, 5.74) is -2.20. The number of hydrogen-bond donors (Lipinski definition) is 1. The molecule has 0 bridgehead atoms.